The van der Waals surface area contributed by atoms with Crippen molar-refractivity contribution in [2.45, 2.75) is 18.9 Å². The number of hydrogen-bond donors (Lipinski definition) is 1. The smallest absolute Gasteiger partial charge is 0.323 e. The van der Waals surface area contributed by atoms with Crippen molar-refractivity contribution in [3.8, 4) is 0 Å². The SMILES string of the molecule is COCCOCCCOC(=O)[C@@H](N)Cc1ccccc1. The van der Waals surface area contributed by atoms with Gasteiger partial charge < -0.3 is 19.9 Å². The van der Waals surface area contributed by atoms with Crippen LogP contribution in [0.4, 0.5) is 0 Å². The molecule has 0 saturated heterocycles. The summed E-state index contributed by atoms with van der Waals surface area (Å²) in [6.45, 7) is 2.00. The van der Waals surface area contributed by atoms with Crippen LogP contribution in [-0.4, -0.2) is 45.5 Å². The number of benzene rings is 1. The highest BCUT2D eigenvalue weighted by Crippen LogP contribution is 2.03. The van der Waals surface area contributed by atoms with Gasteiger partial charge in [0.2, 0.25) is 0 Å². The summed E-state index contributed by atoms with van der Waals surface area (Å²) in [5.74, 6) is -0.370. The Hall–Kier alpha value is -1.43. The van der Waals surface area contributed by atoms with Crippen LogP contribution in [0.1, 0.15) is 12.0 Å². The molecular weight excluding hydrogens is 258 g/mol. The van der Waals surface area contributed by atoms with Crippen molar-refractivity contribution >= 4 is 5.97 Å². The second kappa shape index (κ2) is 10.4. The summed E-state index contributed by atoms with van der Waals surface area (Å²) in [5.41, 5.74) is 6.84. The van der Waals surface area contributed by atoms with Gasteiger partial charge in [0, 0.05) is 20.1 Å². The van der Waals surface area contributed by atoms with Crippen LogP contribution in [0.25, 0.3) is 0 Å². The summed E-state index contributed by atoms with van der Waals surface area (Å²) in [5, 5.41) is 0. The maximum Gasteiger partial charge on any atom is 0.323 e. The fourth-order valence-corrected chi connectivity index (χ4v) is 1.64. The molecule has 0 bridgehead atoms. The highest BCUT2D eigenvalue weighted by Gasteiger charge is 2.15. The van der Waals surface area contributed by atoms with Gasteiger partial charge in [-0.25, -0.2) is 0 Å². The molecule has 20 heavy (non-hydrogen) atoms. The average Bonchev–Trinajstić information content (AvgIpc) is 2.47. The second-order valence-corrected chi connectivity index (χ2v) is 4.42. The maximum atomic E-state index is 11.7. The fourth-order valence-electron chi connectivity index (χ4n) is 1.64. The van der Waals surface area contributed by atoms with Crippen LogP contribution in [0.2, 0.25) is 0 Å². The Kier molecular flexibility index (Phi) is 8.62. The van der Waals surface area contributed by atoms with E-state index in [9.17, 15) is 4.79 Å². The van der Waals surface area contributed by atoms with Crippen LogP contribution in [-0.2, 0) is 25.4 Å². The predicted octanol–water partition coefficient (Wildman–Crippen LogP) is 1.15. The summed E-state index contributed by atoms with van der Waals surface area (Å²) >= 11 is 0. The van der Waals surface area contributed by atoms with Crippen molar-refractivity contribution in [2.75, 3.05) is 33.5 Å². The topological polar surface area (TPSA) is 70.8 Å². The zero-order valence-corrected chi connectivity index (χ0v) is 11.9. The van der Waals surface area contributed by atoms with Gasteiger partial charge in [0.15, 0.2) is 0 Å². The molecule has 0 radical (unpaired) electrons. The average molecular weight is 281 g/mol. The second-order valence-electron chi connectivity index (χ2n) is 4.42. The van der Waals surface area contributed by atoms with E-state index in [1.54, 1.807) is 7.11 Å². The zero-order valence-electron chi connectivity index (χ0n) is 11.9. The lowest BCUT2D eigenvalue weighted by Crippen LogP contribution is -2.34. The molecule has 0 fully saturated rings. The van der Waals surface area contributed by atoms with Gasteiger partial charge in [-0.05, 0) is 12.0 Å². The minimum Gasteiger partial charge on any atom is -0.464 e. The minimum atomic E-state index is -0.619. The Bertz CT molecular complexity index is 369. The molecule has 0 aliphatic rings. The first-order valence-corrected chi connectivity index (χ1v) is 6.77. The molecule has 1 aromatic rings. The van der Waals surface area contributed by atoms with E-state index in [1.807, 2.05) is 30.3 Å². The molecule has 1 aromatic carbocycles. The van der Waals surface area contributed by atoms with Gasteiger partial charge in [0.25, 0.3) is 0 Å². The van der Waals surface area contributed by atoms with E-state index in [2.05, 4.69) is 0 Å². The lowest BCUT2D eigenvalue weighted by atomic mass is 10.1. The van der Waals surface area contributed by atoms with E-state index >= 15 is 0 Å². The largest absolute Gasteiger partial charge is 0.464 e. The highest BCUT2D eigenvalue weighted by atomic mass is 16.5. The van der Waals surface area contributed by atoms with Crippen molar-refractivity contribution in [2.24, 2.45) is 5.73 Å². The summed E-state index contributed by atoms with van der Waals surface area (Å²) in [7, 11) is 1.62. The summed E-state index contributed by atoms with van der Waals surface area (Å²) in [4.78, 5) is 11.7. The van der Waals surface area contributed by atoms with E-state index in [0.29, 0.717) is 39.3 Å². The predicted molar refractivity (Wildman–Crippen MR) is 76.4 cm³/mol. The molecule has 2 N–H and O–H groups in total. The first kappa shape index (κ1) is 16.6. The molecule has 5 nitrogen and oxygen atoms in total. The third-order valence-electron chi connectivity index (χ3n) is 2.71. The number of carbonyl (C=O) groups excluding carboxylic acids is 1. The van der Waals surface area contributed by atoms with Crippen LogP contribution in [0.15, 0.2) is 30.3 Å². The van der Waals surface area contributed by atoms with Gasteiger partial charge in [-0.3, -0.25) is 4.79 Å². The minimum absolute atomic E-state index is 0.328. The number of carbonyl (C=O) groups is 1. The highest BCUT2D eigenvalue weighted by molar-refractivity contribution is 5.75. The van der Waals surface area contributed by atoms with Crippen molar-refractivity contribution in [3.05, 3.63) is 35.9 Å². The van der Waals surface area contributed by atoms with Crippen molar-refractivity contribution in [1.29, 1.82) is 0 Å². The van der Waals surface area contributed by atoms with Crippen LogP contribution in [0.5, 0.6) is 0 Å². The molecule has 0 heterocycles. The van der Waals surface area contributed by atoms with E-state index in [1.165, 1.54) is 0 Å². The Balaban J connectivity index is 2.10. The summed E-state index contributed by atoms with van der Waals surface area (Å²) in [6.07, 6.45) is 1.15. The number of esters is 1. The first-order valence-electron chi connectivity index (χ1n) is 6.77. The molecule has 0 spiro atoms. The van der Waals surface area contributed by atoms with Gasteiger partial charge in [-0.2, -0.15) is 0 Å². The van der Waals surface area contributed by atoms with Crippen LogP contribution >= 0.6 is 0 Å². The fraction of sp³-hybridized carbons (Fsp3) is 0.533. The normalized spacial score (nSPS) is 12.1. The van der Waals surface area contributed by atoms with Crippen molar-refractivity contribution < 1.29 is 19.0 Å². The molecule has 0 saturated carbocycles. The molecular formula is C15H23NO4. The van der Waals surface area contributed by atoms with E-state index in [-0.39, 0.29) is 5.97 Å². The lowest BCUT2D eigenvalue weighted by molar-refractivity contribution is -0.145. The molecule has 1 atom stereocenters. The zero-order chi connectivity index (χ0) is 14.6. The third kappa shape index (κ3) is 7.23. The van der Waals surface area contributed by atoms with Gasteiger partial charge in [0.05, 0.1) is 19.8 Å². The molecule has 0 aliphatic heterocycles. The first-order chi connectivity index (χ1) is 9.74. The monoisotopic (exact) mass is 281 g/mol. The summed E-state index contributed by atoms with van der Waals surface area (Å²) in [6, 6.07) is 9.03. The molecule has 0 aliphatic carbocycles. The molecule has 5 heteroatoms. The Morgan fingerprint density at radius 3 is 2.60 bits per heavy atom. The number of hydrogen-bond acceptors (Lipinski definition) is 5. The van der Waals surface area contributed by atoms with Crippen LogP contribution in [0.3, 0.4) is 0 Å². The van der Waals surface area contributed by atoms with Gasteiger partial charge in [0.1, 0.15) is 6.04 Å². The standard InChI is InChI=1S/C15H23NO4/c1-18-10-11-19-8-5-9-20-15(17)14(16)12-13-6-3-2-4-7-13/h2-4,6-7,14H,5,8-12,16H2,1H3/t14-/m0/s1. The Labute approximate surface area is 120 Å². The molecule has 0 unspecified atom stereocenters. The molecule has 0 aromatic heterocycles. The third-order valence-corrected chi connectivity index (χ3v) is 2.71. The molecule has 112 valence electrons. The van der Waals surface area contributed by atoms with Crippen LogP contribution in [0, 0.1) is 0 Å². The number of rotatable bonds is 10. The van der Waals surface area contributed by atoms with E-state index < -0.39 is 6.04 Å². The van der Waals surface area contributed by atoms with Gasteiger partial charge in [-0.15, -0.1) is 0 Å². The Morgan fingerprint density at radius 1 is 1.15 bits per heavy atom. The lowest BCUT2D eigenvalue weighted by Gasteiger charge is -2.11. The summed E-state index contributed by atoms with van der Waals surface area (Å²) < 4.78 is 15.2. The van der Waals surface area contributed by atoms with E-state index in [4.69, 9.17) is 19.9 Å². The number of nitrogens with two attached hydrogens (primary N) is 1. The van der Waals surface area contributed by atoms with Gasteiger partial charge >= 0.3 is 5.97 Å². The quantitative estimate of drug-likeness (QED) is 0.514. The maximum absolute atomic E-state index is 11.7. The molecule has 1 rings (SSSR count). The van der Waals surface area contributed by atoms with Gasteiger partial charge in [-0.1, -0.05) is 30.3 Å². The van der Waals surface area contributed by atoms with E-state index in [0.717, 1.165) is 5.56 Å². The Morgan fingerprint density at radius 2 is 1.90 bits per heavy atom. The van der Waals surface area contributed by atoms with Crippen LogP contribution < -0.4 is 5.73 Å². The molecule has 0 amide bonds. The van der Waals surface area contributed by atoms with Crippen molar-refractivity contribution in [1.82, 2.24) is 0 Å². The number of methoxy groups -OCH3 is 1. The number of ether oxygens (including phenoxy) is 3. The van der Waals surface area contributed by atoms with Crippen molar-refractivity contribution in [3.63, 3.8) is 0 Å².